The highest BCUT2D eigenvalue weighted by Crippen LogP contribution is 2.10. The molecule has 1 atom stereocenters. The minimum atomic E-state index is -1.45. The summed E-state index contributed by atoms with van der Waals surface area (Å²) in [5, 5.41) is 23.4. The average molecular weight is 273 g/mol. The molecule has 2 amide bonds. The van der Waals surface area contributed by atoms with Gasteiger partial charge in [0.05, 0.1) is 11.6 Å². The molecule has 0 aliphatic heterocycles. The molecule has 1 rings (SSSR count). The second-order valence-electron chi connectivity index (χ2n) is 3.60. The van der Waals surface area contributed by atoms with Gasteiger partial charge in [-0.2, -0.15) is 0 Å². The first-order chi connectivity index (χ1) is 8.49. The number of nitrogens with zero attached hydrogens (tertiary/aromatic N) is 1. The quantitative estimate of drug-likeness (QED) is 0.587. The predicted octanol–water partition coefficient (Wildman–Crippen LogP) is 0.0863. The van der Waals surface area contributed by atoms with Crippen LogP contribution in [-0.2, 0) is 11.3 Å². The SMILES string of the molecule is Cc1ncc(CNC(=O)NCCC(O)C(=O)O)s1. The molecule has 1 unspecified atom stereocenters. The maximum Gasteiger partial charge on any atom is 0.332 e. The van der Waals surface area contributed by atoms with Crippen molar-refractivity contribution in [3.05, 3.63) is 16.1 Å². The molecule has 0 fully saturated rings. The maximum atomic E-state index is 11.3. The Labute approximate surface area is 108 Å². The molecule has 0 radical (unpaired) electrons. The Hall–Kier alpha value is -1.67. The Morgan fingerprint density at radius 2 is 2.22 bits per heavy atom. The smallest absolute Gasteiger partial charge is 0.332 e. The lowest BCUT2D eigenvalue weighted by atomic mass is 10.2. The first kappa shape index (κ1) is 14.4. The van der Waals surface area contributed by atoms with Gasteiger partial charge in [0.15, 0.2) is 6.10 Å². The number of hydrogen-bond acceptors (Lipinski definition) is 5. The molecule has 18 heavy (non-hydrogen) atoms. The highest BCUT2D eigenvalue weighted by molar-refractivity contribution is 7.11. The van der Waals surface area contributed by atoms with E-state index in [1.807, 2.05) is 6.92 Å². The van der Waals surface area contributed by atoms with Gasteiger partial charge in [0, 0.05) is 24.0 Å². The zero-order chi connectivity index (χ0) is 13.5. The number of aryl methyl sites for hydroxylation is 1. The van der Waals surface area contributed by atoms with E-state index in [2.05, 4.69) is 15.6 Å². The van der Waals surface area contributed by atoms with Crippen molar-refractivity contribution in [2.45, 2.75) is 26.0 Å². The molecular formula is C10H15N3O4S. The number of urea groups is 1. The number of rotatable bonds is 6. The molecule has 0 aliphatic carbocycles. The normalized spacial score (nSPS) is 11.9. The van der Waals surface area contributed by atoms with Crippen molar-refractivity contribution in [1.82, 2.24) is 15.6 Å². The zero-order valence-electron chi connectivity index (χ0n) is 9.84. The highest BCUT2D eigenvalue weighted by Gasteiger charge is 2.12. The van der Waals surface area contributed by atoms with Crippen LogP contribution in [-0.4, -0.2) is 39.8 Å². The molecule has 100 valence electrons. The number of carboxylic acid groups (broad SMARTS) is 1. The first-order valence-corrected chi connectivity index (χ1v) is 6.14. The molecule has 0 spiro atoms. The van der Waals surface area contributed by atoms with Crippen LogP contribution in [0.4, 0.5) is 4.79 Å². The van der Waals surface area contributed by atoms with Crippen LogP contribution in [0, 0.1) is 6.92 Å². The Kier molecular flexibility index (Phi) is 5.53. The van der Waals surface area contributed by atoms with Crippen molar-refractivity contribution in [2.75, 3.05) is 6.54 Å². The standard InChI is InChI=1S/C10H15N3O4S/c1-6-12-4-7(18-6)5-13-10(17)11-3-2-8(14)9(15)16/h4,8,14H,2-3,5H2,1H3,(H,15,16)(H2,11,13,17). The minimum absolute atomic E-state index is 0.0254. The summed E-state index contributed by atoms with van der Waals surface area (Å²) >= 11 is 1.49. The number of aromatic nitrogens is 1. The van der Waals surface area contributed by atoms with Gasteiger partial charge in [0.1, 0.15) is 0 Å². The monoisotopic (exact) mass is 273 g/mol. The Bertz CT molecular complexity index is 421. The summed E-state index contributed by atoms with van der Waals surface area (Å²) in [6.45, 7) is 2.35. The summed E-state index contributed by atoms with van der Waals surface area (Å²) in [5.41, 5.74) is 0. The summed E-state index contributed by atoms with van der Waals surface area (Å²) < 4.78 is 0. The van der Waals surface area contributed by atoms with E-state index in [1.54, 1.807) is 6.20 Å². The van der Waals surface area contributed by atoms with Crippen molar-refractivity contribution in [3.8, 4) is 0 Å². The van der Waals surface area contributed by atoms with Gasteiger partial charge in [-0.05, 0) is 6.92 Å². The number of nitrogens with one attached hydrogen (secondary N) is 2. The first-order valence-electron chi connectivity index (χ1n) is 5.33. The summed E-state index contributed by atoms with van der Waals surface area (Å²) in [7, 11) is 0. The number of aliphatic hydroxyl groups is 1. The van der Waals surface area contributed by atoms with Gasteiger partial charge < -0.3 is 20.8 Å². The number of carbonyl (C=O) groups is 2. The summed E-state index contributed by atoms with van der Waals surface area (Å²) in [6.07, 6.45) is 0.214. The van der Waals surface area contributed by atoms with E-state index < -0.39 is 18.1 Å². The van der Waals surface area contributed by atoms with E-state index in [0.717, 1.165) is 9.88 Å². The lowest BCUT2D eigenvalue weighted by molar-refractivity contribution is -0.146. The molecule has 0 aromatic carbocycles. The number of aliphatic hydroxyl groups excluding tert-OH is 1. The van der Waals surface area contributed by atoms with E-state index in [0.29, 0.717) is 6.54 Å². The molecule has 4 N–H and O–H groups in total. The molecule has 0 bridgehead atoms. The Balaban J connectivity index is 2.16. The van der Waals surface area contributed by atoms with Crippen molar-refractivity contribution in [3.63, 3.8) is 0 Å². The molecule has 1 aromatic heterocycles. The van der Waals surface area contributed by atoms with Gasteiger partial charge in [-0.15, -0.1) is 11.3 Å². The lowest BCUT2D eigenvalue weighted by Crippen LogP contribution is -2.37. The number of carbonyl (C=O) groups excluding carboxylic acids is 1. The van der Waals surface area contributed by atoms with E-state index in [4.69, 9.17) is 10.2 Å². The second kappa shape index (κ2) is 6.92. The fourth-order valence-corrected chi connectivity index (χ4v) is 1.90. The Morgan fingerprint density at radius 1 is 1.50 bits per heavy atom. The van der Waals surface area contributed by atoms with Crippen LogP contribution in [0.1, 0.15) is 16.3 Å². The van der Waals surface area contributed by atoms with Gasteiger partial charge in [-0.3, -0.25) is 0 Å². The second-order valence-corrected chi connectivity index (χ2v) is 4.92. The van der Waals surface area contributed by atoms with Crippen molar-refractivity contribution in [1.29, 1.82) is 0 Å². The number of carboxylic acids is 1. The van der Waals surface area contributed by atoms with Gasteiger partial charge in [0.25, 0.3) is 0 Å². The molecule has 7 nitrogen and oxygen atoms in total. The molecule has 0 saturated carbocycles. The zero-order valence-corrected chi connectivity index (χ0v) is 10.7. The molecular weight excluding hydrogens is 258 g/mol. The largest absolute Gasteiger partial charge is 0.479 e. The molecule has 1 aromatic rings. The fourth-order valence-electron chi connectivity index (χ4n) is 1.16. The summed E-state index contributed by atoms with van der Waals surface area (Å²) in [6, 6.07) is -0.404. The molecule has 0 saturated heterocycles. The topological polar surface area (TPSA) is 112 Å². The Morgan fingerprint density at radius 3 is 2.78 bits per heavy atom. The minimum Gasteiger partial charge on any atom is -0.479 e. The predicted molar refractivity (Wildman–Crippen MR) is 65.3 cm³/mol. The third-order valence-corrected chi connectivity index (χ3v) is 2.99. The van der Waals surface area contributed by atoms with Crippen LogP contribution < -0.4 is 10.6 Å². The number of hydrogen-bond donors (Lipinski definition) is 4. The number of amides is 2. The van der Waals surface area contributed by atoms with Crippen LogP contribution in [0.15, 0.2) is 6.20 Å². The van der Waals surface area contributed by atoms with E-state index in [9.17, 15) is 9.59 Å². The van der Waals surface area contributed by atoms with Crippen LogP contribution in [0.3, 0.4) is 0 Å². The van der Waals surface area contributed by atoms with E-state index in [1.165, 1.54) is 11.3 Å². The van der Waals surface area contributed by atoms with Gasteiger partial charge in [0.2, 0.25) is 0 Å². The third-order valence-electron chi connectivity index (χ3n) is 2.08. The van der Waals surface area contributed by atoms with Crippen molar-refractivity contribution in [2.24, 2.45) is 0 Å². The van der Waals surface area contributed by atoms with Gasteiger partial charge >= 0.3 is 12.0 Å². The number of thiazole rings is 1. The molecule has 8 heteroatoms. The molecule has 0 aliphatic rings. The van der Waals surface area contributed by atoms with Crippen LogP contribution in [0.2, 0.25) is 0 Å². The summed E-state index contributed by atoms with van der Waals surface area (Å²) in [5.74, 6) is -1.29. The van der Waals surface area contributed by atoms with Gasteiger partial charge in [-0.25, -0.2) is 14.6 Å². The van der Waals surface area contributed by atoms with Crippen molar-refractivity contribution < 1.29 is 19.8 Å². The van der Waals surface area contributed by atoms with E-state index in [-0.39, 0.29) is 13.0 Å². The van der Waals surface area contributed by atoms with Crippen molar-refractivity contribution >= 4 is 23.3 Å². The van der Waals surface area contributed by atoms with Crippen LogP contribution >= 0.6 is 11.3 Å². The fraction of sp³-hybridized carbons (Fsp3) is 0.500. The highest BCUT2D eigenvalue weighted by atomic mass is 32.1. The van der Waals surface area contributed by atoms with Gasteiger partial charge in [-0.1, -0.05) is 0 Å². The average Bonchev–Trinajstić information content (AvgIpc) is 2.72. The number of aliphatic carboxylic acids is 1. The lowest BCUT2D eigenvalue weighted by Gasteiger charge is -2.08. The van der Waals surface area contributed by atoms with Crippen LogP contribution in [0.5, 0.6) is 0 Å². The third kappa shape index (κ3) is 5.11. The summed E-state index contributed by atoms with van der Waals surface area (Å²) in [4.78, 5) is 26.6. The maximum absolute atomic E-state index is 11.3. The molecule has 1 heterocycles. The van der Waals surface area contributed by atoms with Crippen LogP contribution in [0.25, 0.3) is 0 Å². The van der Waals surface area contributed by atoms with E-state index >= 15 is 0 Å².